The first kappa shape index (κ1) is 12.1. The highest BCUT2D eigenvalue weighted by atomic mass is 14.8. The first-order valence-corrected chi connectivity index (χ1v) is 5.81. The van der Waals surface area contributed by atoms with Gasteiger partial charge in [-0.25, -0.2) is 0 Å². The summed E-state index contributed by atoms with van der Waals surface area (Å²) >= 11 is 0. The molecule has 1 unspecified atom stereocenters. The molecule has 0 bridgehead atoms. The van der Waals surface area contributed by atoms with Gasteiger partial charge in [-0.1, -0.05) is 19.2 Å². The molecule has 14 heavy (non-hydrogen) atoms. The maximum atomic E-state index is 6.33. The minimum atomic E-state index is -0.0245. The van der Waals surface area contributed by atoms with E-state index in [9.17, 15) is 0 Å². The molecule has 0 aliphatic heterocycles. The van der Waals surface area contributed by atoms with Gasteiger partial charge >= 0.3 is 0 Å². The monoisotopic (exact) mass is 194 g/mol. The van der Waals surface area contributed by atoms with Crippen LogP contribution in [0.1, 0.15) is 45.4 Å². The first-order valence-electron chi connectivity index (χ1n) is 5.81. The Kier molecular flexibility index (Phi) is 4.46. The molecule has 0 aromatic heterocycles. The van der Waals surface area contributed by atoms with Crippen molar-refractivity contribution in [3.05, 3.63) is 0 Å². The van der Waals surface area contributed by atoms with E-state index in [-0.39, 0.29) is 5.54 Å². The number of unbranched alkanes of at least 4 members (excludes halogenated alkanes) is 1. The van der Waals surface area contributed by atoms with E-state index in [1.165, 1.54) is 6.42 Å². The van der Waals surface area contributed by atoms with Gasteiger partial charge in [-0.15, -0.1) is 0 Å². The van der Waals surface area contributed by atoms with Gasteiger partial charge in [-0.2, -0.15) is 0 Å². The summed E-state index contributed by atoms with van der Waals surface area (Å²) < 4.78 is 0. The summed E-state index contributed by atoms with van der Waals surface area (Å²) in [6.45, 7) is 2.17. The second-order valence-corrected chi connectivity index (χ2v) is 5.02. The predicted molar refractivity (Wildman–Crippen MR) is 62.3 cm³/mol. The Balaban J connectivity index is 2.32. The number of nitrogens with two attached hydrogens (primary N) is 2. The van der Waals surface area contributed by atoms with Gasteiger partial charge in [0.1, 0.15) is 0 Å². The fourth-order valence-electron chi connectivity index (χ4n) is 2.47. The number of rotatable bonds is 5. The molecule has 1 fully saturated rings. The predicted octanol–water partition coefficient (Wildman–Crippen LogP) is 1.59. The third-order valence-corrected chi connectivity index (χ3v) is 3.58. The molecule has 1 rings (SSSR count). The summed E-state index contributed by atoms with van der Waals surface area (Å²) in [7, 11) is 5.47. The lowest BCUT2D eigenvalue weighted by atomic mass is 9.80. The SMILES string of the molecule is [B]CCCC[C@@](C)(N)C1CC[C@H](N)C1. The zero-order chi connectivity index (χ0) is 10.6. The van der Waals surface area contributed by atoms with Gasteiger partial charge in [0.05, 0.1) is 7.85 Å². The van der Waals surface area contributed by atoms with Crippen LogP contribution in [-0.2, 0) is 0 Å². The third-order valence-electron chi connectivity index (χ3n) is 3.58. The Morgan fingerprint density at radius 3 is 2.57 bits per heavy atom. The van der Waals surface area contributed by atoms with Crippen molar-refractivity contribution in [2.24, 2.45) is 17.4 Å². The van der Waals surface area contributed by atoms with Gasteiger partial charge in [-0.05, 0) is 38.5 Å². The van der Waals surface area contributed by atoms with Gasteiger partial charge < -0.3 is 11.5 Å². The molecule has 0 heterocycles. The standard InChI is InChI=1S/C11H23BN2/c1-11(14,6-2-3-7-12)9-4-5-10(13)8-9/h9-10H,2-8,13-14H2,1H3/t9?,10-,11+/m0/s1. The minimum Gasteiger partial charge on any atom is -0.328 e. The second kappa shape index (κ2) is 5.17. The lowest BCUT2D eigenvalue weighted by Crippen LogP contribution is -2.43. The molecule has 0 aromatic rings. The molecular formula is C11H23BN2. The molecule has 1 aliphatic rings. The normalized spacial score (nSPS) is 31.6. The van der Waals surface area contributed by atoms with E-state index in [0.717, 1.165) is 38.4 Å². The van der Waals surface area contributed by atoms with Crippen LogP contribution in [0.4, 0.5) is 0 Å². The first-order chi connectivity index (χ1) is 6.56. The third kappa shape index (κ3) is 3.28. The van der Waals surface area contributed by atoms with E-state index in [1.807, 2.05) is 0 Å². The number of hydrogen-bond donors (Lipinski definition) is 2. The van der Waals surface area contributed by atoms with E-state index < -0.39 is 0 Å². The highest BCUT2D eigenvalue weighted by Crippen LogP contribution is 2.34. The van der Waals surface area contributed by atoms with E-state index in [4.69, 9.17) is 19.3 Å². The van der Waals surface area contributed by atoms with Crippen LogP contribution in [0.5, 0.6) is 0 Å². The average Bonchev–Trinajstić information content (AvgIpc) is 2.53. The van der Waals surface area contributed by atoms with E-state index in [0.29, 0.717) is 12.0 Å². The molecule has 2 radical (unpaired) electrons. The highest BCUT2D eigenvalue weighted by Gasteiger charge is 2.34. The van der Waals surface area contributed by atoms with Crippen molar-refractivity contribution < 1.29 is 0 Å². The summed E-state index contributed by atoms with van der Waals surface area (Å²) in [5.41, 5.74) is 12.2. The van der Waals surface area contributed by atoms with Gasteiger partial charge in [0.15, 0.2) is 0 Å². The van der Waals surface area contributed by atoms with Crippen molar-refractivity contribution in [1.82, 2.24) is 0 Å². The molecular weight excluding hydrogens is 171 g/mol. The Labute approximate surface area is 89.2 Å². The van der Waals surface area contributed by atoms with Crippen molar-refractivity contribution in [2.45, 2.75) is 63.3 Å². The van der Waals surface area contributed by atoms with Crippen LogP contribution in [0.2, 0.25) is 6.32 Å². The molecule has 1 saturated carbocycles. The minimum absolute atomic E-state index is 0.0245. The van der Waals surface area contributed by atoms with Gasteiger partial charge in [0.25, 0.3) is 0 Å². The Hall–Kier alpha value is -0.0151. The maximum Gasteiger partial charge on any atom is 0.0653 e. The van der Waals surface area contributed by atoms with Gasteiger partial charge in [-0.3, -0.25) is 0 Å². The summed E-state index contributed by atoms with van der Waals surface area (Å²) in [6.07, 6.45) is 7.56. The van der Waals surface area contributed by atoms with Crippen LogP contribution in [0.25, 0.3) is 0 Å². The second-order valence-electron chi connectivity index (χ2n) is 5.02. The van der Waals surface area contributed by atoms with Crippen LogP contribution in [0.15, 0.2) is 0 Å². The van der Waals surface area contributed by atoms with Crippen LogP contribution >= 0.6 is 0 Å². The zero-order valence-corrected chi connectivity index (χ0v) is 9.34. The lowest BCUT2D eigenvalue weighted by molar-refractivity contribution is 0.272. The van der Waals surface area contributed by atoms with Crippen molar-refractivity contribution in [2.75, 3.05) is 0 Å². The van der Waals surface area contributed by atoms with Crippen molar-refractivity contribution in [3.8, 4) is 0 Å². The summed E-state index contributed by atoms with van der Waals surface area (Å²) in [6, 6.07) is 0.386. The van der Waals surface area contributed by atoms with Gasteiger partial charge in [0.2, 0.25) is 0 Å². The molecule has 80 valence electrons. The topological polar surface area (TPSA) is 52.0 Å². The summed E-state index contributed by atoms with van der Waals surface area (Å²) in [5.74, 6) is 0.621. The van der Waals surface area contributed by atoms with Crippen LogP contribution in [0.3, 0.4) is 0 Å². The average molecular weight is 194 g/mol. The molecule has 2 nitrogen and oxygen atoms in total. The fraction of sp³-hybridized carbons (Fsp3) is 1.00. The quantitative estimate of drug-likeness (QED) is 0.515. The molecule has 0 aromatic carbocycles. The molecule has 3 atom stereocenters. The summed E-state index contributed by atoms with van der Waals surface area (Å²) in [4.78, 5) is 0. The van der Waals surface area contributed by atoms with Crippen LogP contribution in [0, 0.1) is 5.92 Å². The molecule has 3 heteroatoms. The fourth-order valence-corrected chi connectivity index (χ4v) is 2.47. The van der Waals surface area contributed by atoms with Crippen molar-refractivity contribution >= 4 is 7.85 Å². The summed E-state index contributed by atoms with van der Waals surface area (Å²) in [5, 5.41) is 0. The van der Waals surface area contributed by atoms with Crippen LogP contribution in [-0.4, -0.2) is 19.4 Å². The zero-order valence-electron chi connectivity index (χ0n) is 9.34. The van der Waals surface area contributed by atoms with Crippen molar-refractivity contribution in [3.63, 3.8) is 0 Å². The molecule has 0 saturated heterocycles. The largest absolute Gasteiger partial charge is 0.328 e. The molecule has 1 aliphatic carbocycles. The molecule has 0 spiro atoms. The molecule has 4 N–H and O–H groups in total. The molecule has 0 amide bonds. The highest BCUT2D eigenvalue weighted by molar-refractivity contribution is 6.08. The maximum absolute atomic E-state index is 6.33. The Bertz CT molecular complexity index is 171. The van der Waals surface area contributed by atoms with Crippen molar-refractivity contribution in [1.29, 1.82) is 0 Å². The lowest BCUT2D eigenvalue weighted by Gasteiger charge is -2.31. The Morgan fingerprint density at radius 2 is 2.07 bits per heavy atom. The van der Waals surface area contributed by atoms with E-state index in [1.54, 1.807) is 0 Å². The Morgan fingerprint density at radius 1 is 1.36 bits per heavy atom. The van der Waals surface area contributed by atoms with E-state index in [2.05, 4.69) is 6.92 Å². The van der Waals surface area contributed by atoms with E-state index >= 15 is 0 Å². The van der Waals surface area contributed by atoms with Crippen LogP contribution < -0.4 is 11.5 Å². The smallest absolute Gasteiger partial charge is 0.0653 e. The number of hydrogen-bond acceptors (Lipinski definition) is 2. The van der Waals surface area contributed by atoms with Gasteiger partial charge in [0, 0.05) is 11.6 Å².